The van der Waals surface area contributed by atoms with E-state index in [-0.39, 0.29) is 11.5 Å². The van der Waals surface area contributed by atoms with Crippen LogP contribution in [0.5, 0.6) is 0 Å². The van der Waals surface area contributed by atoms with E-state index in [1.54, 1.807) is 13.2 Å². The smallest absolute Gasteiger partial charge is 0.255 e. The number of ether oxygens (including phenoxy) is 1. The Kier molecular flexibility index (Phi) is 4.54. The summed E-state index contributed by atoms with van der Waals surface area (Å²) < 4.78 is 6.25. The Morgan fingerprint density at radius 1 is 1.53 bits per heavy atom. The van der Waals surface area contributed by atoms with Crippen LogP contribution >= 0.6 is 27.5 Å². The van der Waals surface area contributed by atoms with Gasteiger partial charge in [0.15, 0.2) is 0 Å². The van der Waals surface area contributed by atoms with Crippen molar-refractivity contribution >= 4 is 33.4 Å². The molecule has 0 radical (unpaired) electrons. The maximum atomic E-state index is 12.5. The molecule has 1 aliphatic heterocycles. The second-order valence-electron chi connectivity index (χ2n) is 5.09. The van der Waals surface area contributed by atoms with Gasteiger partial charge in [0.25, 0.3) is 5.91 Å². The van der Waals surface area contributed by atoms with Crippen molar-refractivity contribution in [3.8, 4) is 0 Å². The molecule has 1 aromatic rings. The van der Waals surface area contributed by atoms with Crippen molar-refractivity contribution in [2.75, 3.05) is 20.2 Å². The first-order chi connectivity index (χ1) is 8.97. The van der Waals surface area contributed by atoms with E-state index in [0.717, 1.165) is 23.9 Å². The van der Waals surface area contributed by atoms with Crippen molar-refractivity contribution in [1.82, 2.24) is 4.90 Å². The molecule has 1 saturated heterocycles. The van der Waals surface area contributed by atoms with Gasteiger partial charge in [0, 0.05) is 24.7 Å². The lowest BCUT2D eigenvalue weighted by atomic mass is 9.94. The number of piperidine rings is 1. The predicted octanol–water partition coefficient (Wildman–Crippen LogP) is 3.74. The molecule has 1 aromatic carbocycles. The molecule has 1 fully saturated rings. The number of likely N-dealkylation sites (tertiary alicyclic amines) is 1. The molecule has 104 valence electrons. The lowest BCUT2D eigenvalue weighted by Crippen LogP contribution is -2.49. The average Bonchev–Trinajstić information content (AvgIpc) is 2.41. The molecule has 2 rings (SSSR count). The summed E-state index contributed by atoms with van der Waals surface area (Å²) in [5, 5.41) is 0.470. The first-order valence-corrected chi connectivity index (χ1v) is 7.42. The molecule has 1 atom stereocenters. The number of rotatable bonds is 2. The molecule has 1 amide bonds. The highest BCUT2D eigenvalue weighted by molar-refractivity contribution is 9.10. The Labute approximate surface area is 127 Å². The highest BCUT2D eigenvalue weighted by Crippen LogP contribution is 2.29. The summed E-state index contributed by atoms with van der Waals surface area (Å²) in [6.45, 7) is 3.39. The lowest BCUT2D eigenvalue weighted by molar-refractivity contribution is -0.0440. The fourth-order valence-electron chi connectivity index (χ4n) is 2.38. The Morgan fingerprint density at radius 3 is 2.95 bits per heavy atom. The topological polar surface area (TPSA) is 29.5 Å². The molecule has 1 heterocycles. The number of hydrogen-bond donors (Lipinski definition) is 0. The molecule has 1 aliphatic rings. The molecule has 0 bridgehead atoms. The van der Waals surface area contributed by atoms with Gasteiger partial charge in [-0.2, -0.15) is 0 Å². The third-order valence-corrected chi connectivity index (χ3v) is 4.92. The van der Waals surface area contributed by atoms with Crippen LogP contribution in [0.15, 0.2) is 22.7 Å². The summed E-state index contributed by atoms with van der Waals surface area (Å²) in [4.78, 5) is 14.4. The SMILES string of the molecule is COC1(C)CCCN(C(=O)c2cccc(Br)c2Cl)C1. The van der Waals surface area contributed by atoms with Crippen LogP contribution in [0.25, 0.3) is 0 Å². The summed E-state index contributed by atoms with van der Waals surface area (Å²) in [5.74, 6) is -0.0331. The monoisotopic (exact) mass is 345 g/mol. The van der Waals surface area contributed by atoms with Crippen molar-refractivity contribution in [3.63, 3.8) is 0 Å². The number of halogens is 2. The molecular weight excluding hydrogens is 330 g/mol. The van der Waals surface area contributed by atoms with Gasteiger partial charge in [-0.05, 0) is 47.8 Å². The van der Waals surface area contributed by atoms with Gasteiger partial charge in [-0.1, -0.05) is 17.7 Å². The largest absolute Gasteiger partial charge is 0.377 e. The molecule has 3 nitrogen and oxygen atoms in total. The number of methoxy groups -OCH3 is 1. The van der Waals surface area contributed by atoms with Gasteiger partial charge in [0.2, 0.25) is 0 Å². The molecule has 0 N–H and O–H groups in total. The molecule has 19 heavy (non-hydrogen) atoms. The maximum Gasteiger partial charge on any atom is 0.255 e. The van der Waals surface area contributed by atoms with Crippen molar-refractivity contribution < 1.29 is 9.53 Å². The van der Waals surface area contributed by atoms with Crippen molar-refractivity contribution in [3.05, 3.63) is 33.3 Å². The number of nitrogens with zero attached hydrogens (tertiary/aromatic N) is 1. The van der Waals surface area contributed by atoms with Gasteiger partial charge in [-0.25, -0.2) is 0 Å². The minimum absolute atomic E-state index is 0.0331. The Bertz CT molecular complexity index is 494. The summed E-state index contributed by atoms with van der Waals surface area (Å²) in [6, 6.07) is 5.41. The molecule has 0 saturated carbocycles. The highest BCUT2D eigenvalue weighted by atomic mass is 79.9. The molecule has 0 spiro atoms. The van der Waals surface area contributed by atoms with Gasteiger partial charge >= 0.3 is 0 Å². The quantitative estimate of drug-likeness (QED) is 0.816. The molecular formula is C14H17BrClNO2. The summed E-state index contributed by atoms with van der Waals surface area (Å²) in [6.07, 6.45) is 1.92. The van der Waals surface area contributed by atoms with Gasteiger partial charge in [0.05, 0.1) is 16.2 Å². The Morgan fingerprint density at radius 2 is 2.26 bits per heavy atom. The summed E-state index contributed by atoms with van der Waals surface area (Å²) in [5.41, 5.74) is 0.281. The van der Waals surface area contributed by atoms with E-state index >= 15 is 0 Å². The third-order valence-electron chi connectivity index (χ3n) is 3.62. The normalized spacial score (nSPS) is 23.5. The fourth-order valence-corrected chi connectivity index (χ4v) is 2.96. The highest BCUT2D eigenvalue weighted by Gasteiger charge is 2.33. The summed E-state index contributed by atoms with van der Waals surface area (Å²) in [7, 11) is 1.69. The lowest BCUT2D eigenvalue weighted by Gasteiger charge is -2.39. The van der Waals surface area contributed by atoms with Crippen molar-refractivity contribution in [1.29, 1.82) is 0 Å². The van der Waals surface area contributed by atoms with Crippen molar-refractivity contribution in [2.24, 2.45) is 0 Å². The molecule has 5 heteroatoms. The first-order valence-electron chi connectivity index (χ1n) is 6.25. The van der Waals surface area contributed by atoms with Crippen LogP contribution in [0, 0.1) is 0 Å². The Hall–Kier alpha value is -0.580. The zero-order chi connectivity index (χ0) is 14.0. The zero-order valence-electron chi connectivity index (χ0n) is 11.1. The van der Waals surface area contributed by atoms with E-state index in [1.807, 2.05) is 24.0 Å². The fraction of sp³-hybridized carbons (Fsp3) is 0.500. The second kappa shape index (κ2) is 5.81. The minimum Gasteiger partial charge on any atom is -0.377 e. The number of benzene rings is 1. The van der Waals surface area contributed by atoms with Crippen LogP contribution in [0.1, 0.15) is 30.1 Å². The van der Waals surface area contributed by atoms with Crippen LogP contribution in [0.4, 0.5) is 0 Å². The van der Waals surface area contributed by atoms with E-state index in [9.17, 15) is 4.79 Å². The second-order valence-corrected chi connectivity index (χ2v) is 6.32. The number of amides is 1. The predicted molar refractivity (Wildman–Crippen MR) is 79.7 cm³/mol. The average molecular weight is 347 g/mol. The van der Waals surface area contributed by atoms with Gasteiger partial charge in [0.1, 0.15) is 0 Å². The van der Waals surface area contributed by atoms with Crippen LogP contribution in [0.3, 0.4) is 0 Å². The minimum atomic E-state index is -0.258. The van der Waals surface area contributed by atoms with Crippen molar-refractivity contribution in [2.45, 2.75) is 25.4 Å². The van der Waals surface area contributed by atoms with Crippen LogP contribution < -0.4 is 0 Å². The van der Waals surface area contributed by atoms with E-state index in [2.05, 4.69) is 15.9 Å². The first kappa shape index (κ1) is 14.8. The standard InChI is InChI=1S/C14H17BrClNO2/c1-14(19-2)7-4-8-17(9-14)13(18)10-5-3-6-11(15)12(10)16/h3,5-6H,4,7-9H2,1-2H3. The van der Waals surface area contributed by atoms with Crippen LogP contribution in [0.2, 0.25) is 5.02 Å². The number of carbonyl (C=O) groups is 1. The number of hydrogen-bond acceptors (Lipinski definition) is 2. The molecule has 1 unspecified atom stereocenters. The molecule has 0 aromatic heterocycles. The summed E-state index contributed by atoms with van der Waals surface area (Å²) >= 11 is 9.53. The van der Waals surface area contributed by atoms with Gasteiger partial charge in [-0.3, -0.25) is 4.79 Å². The van der Waals surface area contributed by atoms with E-state index in [1.165, 1.54) is 0 Å². The third kappa shape index (κ3) is 3.12. The van der Waals surface area contributed by atoms with Crippen LogP contribution in [-0.2, 0) is 4.74 Å². The zero-order valence-corrected chi connectivity index (χ0v) is 13.4. The van der Waals surface area contributed by atoms with Gasteiger partial charge < -0.3 is 9.64 Å². The van der Waals surface area contributed by atoms with Gasteiger partial charge in [-0.15, -0.1) is 0 Å². The molecule has 0 aliphatic carbocycles. The van der Waals surface area contributed by atoms with E-state index in [0.29, 0.717) is 17.1 Å². The maximum absolute atomic E-state index is 12.5. The Balaban J connectivity index is 2.22. The number of carbonyl (C=O) groups excluding carboxylic acids is 1. The van der Waals surface area contributed by atoms with E-state index in [4.69, 9.17) is 16.3 Å². The van der Waals surface area contributed by atoms with Crippen LogP contribution in [-0.4, -0.2) is 36.6 Å². The van der Waals surface area contributed by atoms with E-state index < -0.39 is 0 Å².